The first-order valence-electron chi connectivity index (χ1n) is 10.1. The van der Waals surface area contributed by atoms with Gasteiger partial charge < -0.3 is 24.5 Å². The number of ether oxygens (including phenoxy) is 1. The number of nitrogens with zero attached hydrogens (tertiary/aromatic N) is 2. The van der Waals surface area contributed by atoms with Gasteiger partial charge in [0.1, 0.15) is 25.1 Å². The van der Waals surface area contributed by atoms with Gasteiger partial charge >= 0.3 is 0 Å². The Morgan fingerprint density at radius 3 is 2.48 bits per heavy atom. The summed E-state index contributed by atoms with van der Waals surface area (Å²) in [4.78, 5) is 8.77. The number of anilines is 4. The molecule has 0 aliphatic rings. The van der Waals surface area contributed by atoms with Crippen molar-refractivity contribution < 1.29 is 13.9 Å². The van der Waals surface area contributed by atoms with Crippen LogP contribution in [0.25, 0.3) is 0 Å². The van der Waals surface area contributed by atoms with E-state index in [1.165, 1.54) is 12.0 Å². The summed E-state index contributed by atoms with van der Waals surface area (Å²) in [5.41, 5.74) is 2.16. The van der Waals surface area contributed by atoms with Gasteiger partial charge in [0.15, 0.2) is 5.82 Å². The van der Waals surface area contributed by atoms with Crippen molar-refractivity contribution in [3.05, 3.63) is 71.6 Å². The minimum Gasteiger partial charge on any atom is -0.495 e. The summed E-state index contributed by atoms with van der Waals surface area (Å²) in [6.45, 7) is 8.78. The molecule has 0 radical (unpaired) electrons. The van der Waals surface area contributed by atoms with E-state index in [4.69, 9.17) is 16.3 Å². The summed E-state index contributed by atoms with van der Waals surface area (Å²) < 4.78 is 30.6. The summed E-state index contributed by atoms with van der Waals surface area (Å²) in [6.07, 6.45) is 1.86. The number of rotatable bonds is 9. The van der Waals surface area contributed by atoms with Gasteiger partial charge in [-0.3, -0.25) is 0 Å². The fourth-order valence-corrected chi connectivity index (χ4v) is 5.53. The highest BCUT2D eigenvalue weighted by atomic mass is 35.5. The van der Waals surface area contributed by atoms with E-state index in [0.29, 0.717) is 39.4 Å². The molecule has 0 aliphatic heterocycles. The van der Waals surface area contributed by atoms with Crippen molar-refractivity contribution in [1.29, 1.82) is 0 Å². The van der Waals surface area contributed by atoms with Crippen LogP contribution >= 0.6 is 25.9 Å². The van der Waals surface area contributed by atoms with E-state index in [2.05, 4.69) is 27.2 Å². The molecule has 1 aromatic heterocycles. The van der Waals surface area contributed by atoms with Crippen LogP contribution in [0.2, 0.25) is 5.02 Å². The molecule has 3 aromatic rings. The average Bonchev–Trinajstić information content (AvgIpc) is 2.76. The first kappa shape index (κ1) is 25.0. The monoisotopic (exact) mass is 504 g/mol. The van der Waals surface area contributed by atoms with Crippen molar-refractivity contribution in [2.24, 2.45) is 0 Å². The molecule has 1 unspecified atom stereocenters. The topological polar surface area (TPSA) is 93.2 Å². The molecule has 10 heteroatoms. The number of benzene rings is 2. The summed E-state index contributed by atoms with van der Waals surface area (Å²) in [7, 11) is -3.44. The maximum Gasteiger partial charge on any atom is 0.229 e. The van der Waals surface area contributed by atoms with E-state index in [1.54, 1.807) is 33.2 Å². The molecular weight excluding hydrogens is 478 g/mol. The molecule has 0 spiro atoms. The maximum atomic E-state index is 12.7. The minimum atomic E-state index is -2.52. The summed E-state index contributed by atoms with van der Waals surface area (Å²) in [5.74, 6) is 2.75. The van der Waals surface area contributed by atoms with Crippen LogP contribution in [0.15, 0.2) is 61.1 Å². The zero-order valence-electron chi connectivity index (χ0n) is 19.0. The van der Waals surface area contributed by atoms with E-state index in [9.17, 15) is 9.13 Å². The van der Waals surface area contributed by atoms with Crippen molar-refractivity contribution in [3.8, 4) is 5.75 Å². The van der Waals surface area contributed by atoms with Crippen molar-refractivity contribution in [2.75, 3.05) is 37.7 Å². The lowest BCUT2D eigenvalue weighted by Crippen LogP contribution is -2.11. The highest BCUT2D eigenvalue weighted by Gasteiger charge is 2.18. The second-order valence-electron chi connectivity index (χ2n) is 8.06. The predicted molar refractivity (Wildman–Crippen MR) is 140 cm³/mol. The molecule has 2 N–H and O–H groups in total. The molecule has 1 heterocycles. The molecule has 33 heavy (non-hydrogen) atoms. The number of hydrogen-bond donors (Lipinski definition) is 2. The number of nitrogens with one attached hydrogen (secondary N) is 2. The van der Waals surface area contributed by atoms with E-state index >= 15 is 0 Å². The lowest BCUT2D eigenvalue weighted by Gasteiger charge is -2.16. The van der Waals surface area contributed by atoms with Crippen LogP contribution in [0, 0.1) is 0 Å². The summed E-state index contributed by atoms with van der Waals surface area (Å²) in [5, 5.41) is 7.35. The molecule has 0 saturated heterocycles. The lowest BCUT2D eigenvalue weighted by molar-refractivity contribution is 0.416. The SMILES string of the molecule is C=CP(C)(=O)Cc1ccc(OC)c(Nc2ncc(Cl)c(Nc3ccccc3P(C)(C)=O)n2)c1. The van der Waals surface area contributed by atoms with Gasteiger partial charge in [-0.1, -0.05) is 36.4 Å². The van der Waals surface area contributed by atoms with Crippen LogP contribution < -0.4 is 20.7 Å². The molecular formula is C23H27ClN4O3P2. The third kappa shape index (κ3) is 6.48. The smallest absolute Gasteiger partial charge is 0.229 e. The average molecular weight is 505 g/mol. The quantitative estimate of drug-likeness (QED) is 0.321. The Bertz CT molecular complexity index is 1280. The third-order valence-corrected chi connectivity index (χ3v) is 8.47. The fraction of sp³-hybridized carbons (Fsp3) is 0.217. The molecule has 7 nitrogen and oxygen atoms in total. The Morgan fingerprint density at radius 2 is 1.82 bits per heavy atom. The summed E-state index contributed by atoms with van der Waals surface area (Å²) >= 11 is 6.34. The Kier molecular flexibility index (Phi) is 7.69. The van der Waals surface area contributed by atoms with Gasteiger partial charge in [-0.2, -0.15) is 4.98 Å². The van der Waals surface area contributed by atoms with Gasteiger partial charge in [0, 0.05) is 11.5 Å². The summed E-state index contributed by atoms with van der Waals surface area (Å²) in [6, 6.07) is 12.9. The largest absolute Gasteiger partial charge is 0.495 e. The van der Waals surface area contributed by atoms with Gasteiger partial charge in [0.2, 0.25) is 5.95 Å². The van der Waals surface area contributed by atoms with E-state index in [0.717, 1.165) is 5.56 Å². The number of methoxy groups -OCH3 is 1. The van der Waals surface area contributed by atoms with Crippen LogP contribution in [-0.4, -0.2) is 37.1 Å². The molecule has 0 fully saturated rings. The molecule has 0 amide bonds. The number of halogens is 1. The van der Waals surface area contributed by atoms with Crippen LogP contribution in [0.4, 0.5) is 23.1 Å². The van der Waals surface area contributed by atoms with E-state index in [-0.39, 0.29) is 5.95 Å². The van der Waals surface area contributed by atoms with Gasteiger partial charge in [-0.25, -0.2) is 4.98 Å². The fourth-order valence-electron chi connectivity index (χ4n) is 3.19. The standard InChI is InChI=1S/C23H27ClN4O3P2/c1-6-33(5,30)15-16-11-12-20(31-2)19(13-16)27-23-25-14-17(24)22(28-23)26-18-9-7-8-10-21(18)32(3,4)29/h6-14H,1,15H2,2-5H3,(H2,25,26,27,28). The first-order valence-corrected chi connectivity index (χ1v) is 15.5. The van der Waals surface area contributed by atoms with Crippen LogP contribution in [0.3, 0.4) is 0 Å². The zero-order valence-corrected chi connectivity index (χ0v) is 21.5. The molecule has 3 rings (SSSR count). The van der Waals surface area contributed by atoms with Crippen molar-refractivity contribution in [1.82, 2.24) is 9.97 Å². The molecule has 0 saturated carbocycles. The van der Waals surface area contributed by atoms with Crippen LogP contribution in [0.5, 0.6) is 5.75 Å². The molecule has 1 atom stereocenters. The van der Waals surface area contributed by atoms with Gasteiger partial charge in [-0.05, 0) is 55.6 Å². The van der Waals surface area contributed by atoms with Crippen molar-refractivity contribution in [2.45, 2.75) is 6.16 Å². The number of aromatic nitrogens is 2. The van der Waals surface area contributed by atoms with E-state index in [1.807, 2.05) is 36.4 Å². The molecule has 0 aliphatic carbocycles. The zero-order chi connectivity index (χ0) is 24.2. The molecule has 0 bridgehead atoms. The first-order chi connectivity index (χ1) is 15.5. The second-order valence-corrected chi connectivity index (χ2v) is 14.7. The lowest BCUT2D eigenvalue weighted by atomic mass is 10.2. The highest BCUT2D eigenvalue weighted by molar-refractivity contribution is 7.70. The minimum absolute atomic E-state index is 0.286. The van der Waals surface area contributed by atoms with Gasteiger partial charge in [0.25, 0.3) is 0 Å². The third-order valence-electron chi connectivity index (χ3n) is 4.87. The number of hydrogen-bond acceptors (Lipinski definition) is 7. The molecule has 2 aromatic carbocycles. The van der Waals surface area contributed by atoms with Gasteiger partial charge in [0.05, 0.1) is 24.7 Å². The van der Waals surface area contributed by atoms with Crippen LogP contribution in [-0.2, 0) is 15.3 Å². The second kappa shape index (κ2) is 10.1. The normalized spacial score (nSPS) is 13.1. The van der Waals surface area contributed by atoms with Crippen LogP contribution in [0.1, 0.15) is 5.56 Å². The van der Waals surface area contributed by atoms with Gasteiger partial charge in [-0.15, -0.1) is 0 Å². The van der Waals surface area contributed by atoms with E-state index < -0.39 is 14.3 Å². The Balaban J connectivity index is 1.93. The molecule has 174 valence electrons. The Labute approximate surface area is 199 Å². The number of para-hydroxylation sites is 1. The predicted octanol–water partition coefficient (Wildman–Crippen LogP) is 6.51. The Hall–Kier alpha value is -2.59. The van der Waals surface area contributed by atoms with Crippen molar-refractivity contribution >= 4 is 54.3 Å². The maximum absolute atomic E-state index is 12.7. The highest BCUT2D eigenvalue weighted by Crippen LogP contribution is 2.46. The Morgan fingerprint density at radius 1 is 1.09 bits per heavy atom. The van der Waals surface area contributed by atoms with Crippen molar-refractivity contribution in [3.63, 3.8) is 0 Å².